The van der Waals surface area contributed by atoms with Crippen LogP contribution in [0.1, 0.15) is 38.5 Å². The Kier molecular flexibility index (Phi) is 6.02. The first-order valence-electron chi connectivity index (χ1n) is 8.75. The molecule has 0 saturated heterocycles. The molecule has 1 aromatic carbocycles. The first kappa shape index (κ1) is 17.9. The van der Waals surface area contributed by atoms with Crippen molar-refractivity contribution in [1.82, 2.24) is 15.1 Å². The van der Waals surface area contributed by atoms with Gasteiger partial charge in [0.25, 0.3) is 5.56 Å². The van der Waals surface area contributed by atoms with Crippen molar-refractivity contribution in [2.75, 3.05) is 0 Å². The summed E-state index contributed by atoms with van der Waals surface area (Å²) in [5.74, 6) is 0.0732. The molecule has 6 heteroatoms. The van der Waals surface area contributed by atoms with Crippen LogP contribution < -0.4 is 10.9 Å². The van der Waals surface area contributed by atoms with Crippen LogP contribution in [0.15, 0.2) is 45.7 Å². The van der Waals surface area contributed by atoms with Gasteiger partial charge in [0.2, 0.25) is 5.91 Å². The summed E-state index contributed by atoms with van der Waals surface area (Å²) >= 11 is 3.41. The van der Waals surface area contributed by atoms with Gasteiger partial charge in [-0.25, -0.2) is 4.68 Å². The summed E-state index contributed by atoms with van der Waals surface area (Å²) in [5, 5.41) is 7.50. The number of nitrogens with zero attached hydrogens (tertiary/aromatic N) is 2. The SMILES string of the molecule is O=C(CCCn1nc(-c2ccc(Br)cc2)ccc1=O)NC1CCCC1. The number of amides is 1. The predicted molar refractivity (Wildman–Crippen MR) is 101 cm³/mol. The third kappa shape index (κ3) is 5.01. The minimum Gasteiger partial charge on any atom is -0.353 e. The van der Waals surface area contributed by atoms with Gasteiger partial charge < -0.3 is 5.32 Å². The van der Waals surface area contributed by atoms with Gasteiger partial charge in [-0.15, -0.1) is 0 Å². The van der Waals surface area contributed by atoms with Crippen molar-refractivity contribution >= 4 is 21.8 Å². The van der Waals surface area contributed by atoms with Crippen molar-refractivity contribution in [2.45, 2.75) is 51.1 Å². The number of carbonyl (C=O) groups is 1. The molecule has 1 aliphatic carbocycles. The molecule has 0 bridgehead atoms. The topological polar surface area (TPSA) is 64.0 Å². The molecule has 0 unspecified atom stereocenters. The lowest BCUT2D eigenvalue weighted by Crippen LogP contribution is -2.32. The van der Waals surface area contributed by atoms with Crippen molar-refractivity contribution < 1.29 is 4.79 Å². The number of aromatic nitrogens is 2. The molecule has 0 aliphatic heterocycles. The van der Waals surface area contributed by atoms with Crippen molar-refractivity contribution in [3.63, 3.8) is 0 Å². The third-order valence-corrected chi connectivity index (χ3v) is 5.03. The highest BCUT2D eigenvalue weighted by atomic mass is 79.9. The number of hydrogen-bond acceptors (Lipinski definition) is 3. The fourth-order valence-electron chi connectivity index (χ4n) is 3.14. The lowest BCUT2D eigenvalue weighted by molar-refractivity contribution is -0.121. The molecule has 1 aromatic heterocycles. The molecular formula is C19H22BrN3O2. The van der Waals surface area contributed by atoms with E-state index in [9.17, 15) is 9.59 Å². The molecule has 1 fully saturated rings. The van der Waals surface area contributed by atoms with E-state index in [4.69, 9.17) is 0 Å². The van der Waals surface area contributed by atoms with Gasteiger partial charge in [-0.05, 0) is 37.5 Å². The second kappa shape index (κ2) is 8.43. The van der Waals surface area contributed by atoms with Crippen LogP contribution >= 0.6 is 15.9 Å². The summed E-state index contributed by atoms with van der Waals surface area (Å²) in [7, 11) is 0. The van der Waals surface area contributed by atoms with E-state index in [0.717, 1.165) is 28.6 Å². The molecule has 3 rings (SSSR count). The Morgan fingerprint density at radius 2 is 1.88 bits per heavy atom. The van der Waals surface area contributed by atoms with Crippen molar-refractivity contribution in [1.29, 1.82) is 0 Å². The van der Waals surface area contributed by atoms with E-state index in [1.165, 1.54) is 23.6 Å². The zero-order valence-corrected chi connectivity index (χ0v) is 15.7. The largest absolute Gasteiger partial charge is 0.353 e. The van der Waals surface area contributed by atoms with Crippen LogP contribution in [0, 0.1) is 0 Å². The minimum absolute atomic E-state index is 0.0732. The van der Waals surface area contributed by atoms with Gasteiger partial charge >= 0.3 is 0 Å². The van der Waals surface area contributed by atoms with E-state index in [0.29, 0.717) is 25.4 Å². The van der Waals surface area contributed by atoms with Gasteiger partial charge in [-0.1, -0.05) is 40.9 Å². The Morgan fingerprint density at radius 3 is 2.60 bits per heavy atom. The summed E-state index contributed by atoms with van der Waals surface area (Å²) in [6, 6.07) is 11.4. The monoisotopic (exact) mass is 403 g/mol. The fourth-order valence-corrected chi connectivity index (χ4v) is 3.41. The number of hydrogen-bond donors (Lipinski definition) is 1. The second-order valence-corrected chi connectivity index (χ2v) is 7.35. The summed E-state index contributed by atoms with van der Waals surface area (Å²) < 4.78 is 2.44. The Bertz CT molecular complexity index is 780. The Hall–Kier alpha value is -1.95. The third-order valence-electron chi connectivity index (χ3n) is 4.50. The van der Waals surface area contributed by atoms with Crippen LogP contribution in [0.5, 0.6) is 0 Å². The highest BCUT2D eigenvalue weighted by Gasteiger charge is 2.16. The number of aryl methyl sites for hydroxylation is 1. The molecular weight excluding hydrogens is 382 g/mol. The van der Waals surface area contributed by atoms with Crippen LogP contribution in [-0.4, -0.2) is 21.7 Å². The molecule has 1 saturated carbocycles. The van der Waals surface area contributed by atoms with Gasteiger partial charge in [0.15, 0.2) is 0 Å². The van der Waals surface area contributed by atoms with E-state index in [1.807, 2.05) is 24.3 Å². The number of nitrogens with one attached hydrogen (secondary N) is 1. The highest BCUT2D eigenvalue weighted by Crippen LogP contribution is 2.19. The number of rotatable bonds is 6. The molecule has 1 aliphatic rings. The van der Waals surface area contributed by atoms with Crippen molar-refractivity contribution in [3.05, 3.63) is 51.2 Å². The molecule has 0 atom stereocenters. The zero-order chi connectivity index (χ0) is 17.6. The molecule has 1 heterocycles. The van der Waals surface area contributed by atoms with E-state index in [1.54, 1.807) is 6.07 Å². The fraction of sp³-hybridized carbons (Fsp3) is 0.421. The summed E-state index contributed by atoms with van der Waals surface area (Å²) in [6.45, 7) is 0.446. The van der Waals surface area contributed by atoms with Crippen molar-refractivity contribution in [3.8, 4) is 11.3 Å². The first-order valence-corrected chi connectivity index (χ1v) is 9.54. The van der Waals surface area contributed by atoms with Crippen LogP contribution in [-0.2, 0) is 11.3 Å². The lowest BCUT2D eigenvalue weighted by atomic mass is 10.1. The quantitative estimate of drug-likeness (QED) is 0.802. The predicted octanol–water partition coefficient (Wildman–Crippen LogP) is 3.51. The normalized spacial score (nSPS) is 14.6. The van der Waals surface area contributed by atoms with Gasteiger partial charge in [0, 0.05) is 35.1 Å². The summed E-state index contributed by atoms with van der Waals surface area (Å²) in [5.41, 5.74) is 1.57. The van der Waals surface area contributed by atoms with Gasteiger partial charge in [-0.2, -0.15) is 5.10 Å². The van der Waals surface area contributed by atoms with Crippen LogP contribution in [0.25, 0.3) is 11.3 Å². The zero-order valence-electron chi connectivity index (χ0n) is 14.1. The van der Waals surface area contributed by atoms with Crippen LogP contribution in [0.3, 0.4) is 0 Å². The maximum absolute atomic E-state index is 12.0. The number of halogens is 1. The van der Waals surface area contributed by atoms with Crippen LogP contribution in [0.4, 0.5) is 0 Å². The summed E-state index contributed by atoms with van der Waals surface area (Å²) in [6.07, 6.45) is 5.60. The minimum atomic E-state index is -0.142. The molecule has 1 N–H and O–H groups in total. The maximum atomic E-state index is 12.0. The van der Waals surface area contributed by atoms with Gasteiger partial charge in [-0.3, -0.25) is 9.59 Å². The van der Waals surface area contributed by atoms with E-state index in [-0.39, 0.29) is 11.5 Å². The number of benzene rings is 1. The Labute approximate surface area is 155 Å². The maximum Gasteiger partial charge on any atom is 0.266 e. The van der Waals surface area contributed by atoms with E-state index < -0.39 is 0 Å². The van der Waals surface area contributed by atoms with E-state index in [2.05, 4.69) is 26.3 Å². The summed E-state index contributed by atoms with van der Waals surface area (Å²) in [4.78, 5) is 24.0. The van der Waals surface area contributed by atoms with E-state index >= 15 is 0 Å². The second-order valence-electron chi connectivity index (χ2n) is 6.44. The Balaban J connectivity index is 1.58. The molecule has 2 aromatic rings. The number of carbonyl (C=O) groups excluding carboxylic acids is 1. The molecule has 5 nitrogen and oxygen atoms in total. The first-order chi connectivity index (χ1) is 12.1. The average molecular weight is 404 g/mol. The molecule has 0 spiro atoms. The molecule has 25 heavy (non-hydrogen) atoms. The average Bonchev–Trinajstić information content (AvgIpc) is 3.10. The lowest BCUT2D eigenvalue weighted by Gasteiger charge is -2.12. The molecule has 132 valence electrons. The van der Waals surface area contributed by atoms with Crippen LogP contribution in [0.2, 0.25) is 0 Å². The standard InChI is InChI=1S/C19H22BrN3O2/c20-15-9-7-14(8-10-15)17-11-12-19(25)23(22-17)13-3-6-18(24)21-16-4-1-2-5-16/h7-12,16H,1-6,13H2,(H,21,24). The smallest absolute Gasteiger partial charge is 0.266 e. The molecule has 0 radical (unpaired) electrons. The Morgan fingerprint density at radius 1 is 1.16 bits per heavy atom. The van der Waals surface area contributed by atoms with Crippen molar-refractivity contribution in [2.24, 2.45) is 0 Å². The highest BCUT2D eigenvalue weighted by molar-refractivity contribution is 9.10. The molecule has 1 amide bonds. The van der Waals surface area contributed by atoms with Gasteiger partial charge in [0.05, 0.1) is 5.69 Å². The van der Waals surface area contributed by atoms with Gasteiger partial charge in [0.1, 0.15) is 0 Å².